The Labute approximate surface area is 101 Å². The maximum absolute atomic E-state index is 5.94. The van der Waals surface area contributed by atoms with E-state index in [0.717, 1.165) is 22.4 Å². The number of nitrogens with zero attached hydrogens (tertiary/aromatic N) is 3. The van der Waals surface area contributed by atoms with Gasteiger partial charge in [-0.05, 0) is 24.5 Å². The molecule has 2 N–H and O–H groups in total. The lowest BCUT2D eigenvalue weighted by Crippen LogP contribution is -2.04. The molecule has 0 aliphatic rings. The molecule has 2 heterocycles. The summed E-state index contributed by atoms with van der Waals surface area (Å²) < 4.78 is 0. The van der Waals surface area contributed by atoms with Crippen LogP contribution < -0.4 is 5.73 Å². The predicted octanol–water partition coefficient (Wildman–Crippen LogP) is 2.55. The second-order valence-corrected chi connectivity index (χ2v) is 4.37. The van der Waals surface area contributed by atoms with Gasteiger partial charge in [-0.25, -0.2) is 9.97 Å². The third-order valence-electron chi connectivity index (χ3n) is 2.77. The van der Waals surface area contributed by atoms with E-state index in [1.807, 2.05) is 19.2 Å². The van der Waals surface area contributed by atoms with Crippen molar-refractivity contribution in [2.24, 2.45) is 0 Å². The summed E-state index contributed by atoms with van der Waals surface area (Å²) in [5.74, 6) is 0.847. The molecule has 4 nitrogen and oxygen atoms in total. The first-order valence-electron chi connectivity index (χ1n) is 5.62. The van der Waals surface area contributed by atoms with Crippen molar-refractivity contribution in [3.8, 4) is 11.3 Å². The lowest BCUT2D eigenvalue weighted by Gasteiger charge is -2.14. The van der Waals surface area contributed by atoms with E-state index in [2.05, 4.69) is 28.8 Å². The Kier molecular flexibility index (Phi) is 3.04. The first-order valence-corrected chi connectivity index (χ1v) is 5.62. The maximum Gasteiger partial charge on any atom is 0.130 e. The molecule has 0 saturated carbocycles. The summed E-state index contributed by atoms with van der Waals surface area (Å²) in [6.07, 6.45) is 5.11. The highest BCUT2D eigenvalue weighted by Gasteiger charge is 2.15. The summed E-state index contributed by atoms with van der Waals surface area (Å²) in [6, 6.07) is 1.96. The first kappa shape index (κ1) is 11.5. The average Bonchev–Trinajstić information content (AvgIpc) is 2.28. The van der Waals surface area contributed by atoms with Gasteiger partial charge < -0.3 is 5.73 Å². The lowest BCUT2D eigenvalue weighted by atomic mass is 9.96. The van der Waals surface area contributed by atoms with Crippen LogP contribution in [-0.4, -0.2) is 15.0 Å². The Balaban J connectivity index is 2.68. The Bertz CT molecular complexity index is 535. The molecule has 88 valence electrons. The molecule has 0 unspecified atom stereocenters. The topological polar surface area (TPSA) is 64.7 Å². The molecule has 4 heteroatoms. The highest BCUT2D eigenvalue weighted by Crippen LogP contribution is 2.31. The van der Waals surface area contributed by atoms with Gasteiger partial charge >= 0.3 is 0 Å². The van der Waals surface area contributed by atoms with Gasteiger partial charge in [-0.1, -0.05) is 13.8 Å². The zero-order valence-corrected chi connectivity index (χ0v) is 10.3. The van der Waals surface area contributed by atoms with Crippen LogP contribution in [0.15, 0.2) is 24.8 Å². The minimum absolute atomic E-state index is 0.291. The van der Waals surface area contributed by atoms with Crippen molar-refractivity contribution in [1.82, 2.24) is 15.0 Å². The molecule has 2 aromatic heterocycles. The lowest BCUT2D eigenvalue weighted by molar-refractivity contribution is 0.854. The quantitative estimate of drug-likeness (QED) is 0.857. The van der Waals surface area contributed by atoms with Crippen LogP contribution in [0.4, 0.5) is 5.82 Å². The minimum Gasteiger partial charge on any atom is -0.383 e. The Morgan fingerprint density at radius 1 is 1.24 bits per heavy atom. The normalized spacial score (nSPS) is 10.8. The van der Waals surface area contributed by atoms with Gasteiger partial charge in [-0.2, -0.15) is 0 Å². The fourth-order valence-corrected chi connectivity index (χ4v) is 1.93. The maximum atomic E-state index is 5.94. The van der Waals surface area contributed by atoms with Gasteiger partial charge in [0.05, 0.1) is 5.69 Å². The number of aromatic nitrogens is 3. The summed E-state index contributed by atoms with van der Waals surface area (Å²) in [6.45, 7) is 6.20. The highest BCUT2D eigenvalue weighted by molar-refractivity contribution is 5.70. The summed E-state index contributed by atoms with van der Waals surface area (Å²) in [5, 5.41) is 0. The van der Waals surface area contributed by atoms with Gasteiger partial charge in [0.2, 0.25) is 0 Å². The Morgan fingerprint density at radius 3 is 2.65 bits per heavy atom. The molecule has 0 radical (unpaired) electrons. The minimum atomic E-state index is 0.291. The molecule has 0 saturated heterocycles. The van der Waals surface area contributed by atoms with Crippen molar-refractivity contribution in [3.05, 3.63) is 35.9 Å². The molecule has 0 spiro atoms. The molecule has 0 bridgehead atoms. The monoisotopic (exact) mass is 228 g/mol. The predicted molar refractivity (Wildman–Crippen MR) is 68.5 cm³/mol. The van der Waals surface area contributed by atoms with E-state index in [-0.39, 0.29) is 0 Å². The zero-order valence-electron chi connectivity index (χ0n) is 10.3. The Hall–Kier alpha value is -1.97. The summed E-state index contributed by atoms with van der Waals surface area (Å²) in [7, 11) is 0. The van der Waals surface area contributed by atoms with E-state index in [1.165, 1.54) is 6.33 Å². The van der Waals surface area contributed by atoms with Crippen molar-refractivity contribution in [2.45, 2.75) is 26.7 Å². The number of pyridine rings is 1. The number of aryl methyl sites for hydroxylation is 1. The number of rotatable bonds is 2. The first-order chi connectivity index (χ1) is 8.11. The van der Waals surface area contributed by atoms with Crippen LogP contribution in [-0.2, 0) is 0 Å². The van der Waals surface area contributed by atoms with Crippen molar-refractivity contribution < 1.29 is 0 Å². The molecule has 0 fully saturated rings. The smallest absolute Gasteiger partial charge is 0.130 e. The number of hydrogen-bond donors (Lipinski definition) is 1. The molecule has 0 aliphatic heterocycles. The standard InChI is InChI=1S/C13H16N4/c1-8(2)11-12(16-7-17-13(11)14)10-4-5-15-6-9(10)3/h4-8H,1-3H3,(H2,14,16,17). The molecule has 17 heavy (non-hydrogen) atoms. The fraction of sp³-hybridized carbons (Fsp3) is 0.308. The van der Waals surface area contributed by atoms with Gasteiger partial charge in [0.1, 0.15) is 12.1 Å². The molecule has 0 aromatic carbocycles. The van der Waals surface area contributed by atoms with Crippen LogP contribution in [0.25, 0.3) is 11.3 Å². The van der Waals surface area contributed by atoms with Crippen LogP contribution in [0.2, 0.25) is 0 Å². The van der Waals surface area contributed by atoms with Crippen molar-refractivity contribution in [2.75, 3.05) is 5.73 Å². The van der Waals surface area contributed by atoms with Crippen LogP contribution in [0.1, 0.15) is 30.9 Å². The molecular weight excluding hydrogens is 212 g/mol. The molecule has 0 atom stereocenters. The van der Waals surface area contributed by atoms with Crippen LogP contribution in [0, 0.1) is 6.92 Å². The van der Waals surface area contributed by atoms with Crippen LogP contribution in [0.5, 0.6) is 0 Å². The van der Waals surface area contributed by atoms with Gasteiger partial charge in [-0.3, -0.25) is 4.98 Å². The van der Waals surface area contributed by atoms with Crippen molar-refractivity contribution >= 4 is 5.82 Å². The second kappa shape index (κ2) is 4.49. The van der Waals surface area contributed by atoms with Gasteiger partial charge in [0.15, 0.2) is 0 Å². The fourth-order valence-electron chi connectivity index (χ4n) is 1.93. The van der Waals surface area contributed by atoms with E-state index in [4.69, 9.17) is 5.73 Å². The molecule has 2 rings (SSSR count). The van der Waals surface area contributed by atoms with E-state index < -0.39 is 0 Å². The second-order valence-electron chi connectivity index (χ2n) is 4.37. The third-order valence-corrected chi connectivity index (χ3v) is 2.77. The third kappa shape index (κ3) is 2.11. The summed E-state index contributed by atoms with van der Waals surface area (Å²) in [4.78, 5) is 12.5. The number of nitrogens with two attached hydrogens (primary N) is 1. The summed E-state index contributed by atoms with van der Waals surface area (Å²) >= 11 is 0. The van der Waals surface area contributed by atoms with Crippen LogP contribution >= 0.6 is 0 Å². The molecule has 0 amide bonds. The highest BCUT2D eigenvalue weighted by atomic mass is 14.9. The van der Waals surface area contributed by atoms with Crippen LogP contribution in [0.3, 0.4) is 0 Å². The SMILES string of the molecule is Cc1cnccc1-c1ncnc(N)c1C(C)C. The van der Waals surface area contributed by atoms with Gasteiger partial charge in [0.25, 0.3) is 0 Å². The van der Waals surface area contributed by atoms with Crippen molar-refractivity contribution in [1.29, 1.82) is 0 Å². The van der Waals surface area contributed by atoms with Crippen molar-refractivity contribution in [3.63, 3.8) is 0 Å². The summed E-state index contributed by atoms with van der Waals surface area (Å²) in [5.41, 5.74) is 10.0. The molecular formula is C13H16N4. The average molecular weight is 228 g/mol. The van der Waals surface area contributed by atoms with E-state index in [9.17, 15) is 0 Å². The largest absolute Gasteiger partial charge is 0.383 e. The molecule has 2 aromatic rings. The number of nitrogen functional groups attached to an aromatic ring is 1. The van der Waals surface area contributed by atoms with E-state index in [1.54, 1.807) is 6.20 Å². The molecule has 0 aliphatic carbocycles. The number of hydrogen-bond acceptors (Lipinski definition) is 4. The Morgan fingerprint density at radius 2 is 2.00 bits per heavy atom. The van der Waals surface area contributed by atoms with E-state index in [0.29, 0.717) is 11.7 Å². The van der Waals surface area contributed by atoms with Gasteiger partial charge in [0, 0.05) is 23.5 Å². The van der Waals surface area contributed by atoms with E-state index >= 15 is 0 Å². The number of anilines is 1. The van der Waals surface area contributed by atoms with Gasteiger partial charge in [-0.15, -0.1) is 0 Å². The zero-order chi connectivity index (χ0) is 12.4.